The largest absolute Gasteiger partial charge is 0.465 e. The van der Waals surface area contributed by atoms with Gasteiger partial charge >= 0.3 is 0 Å². The van der Waals surface area contributed by atoms with Crippen LogP contribution in [0.4, 0.5) is 0 Å². The van der Waals surface area contributed by atoms with Crippen molar-refractivity contribution >= 4 is 0 Å². The zero-order valence-corrected chi connectivity index (χ0v) is 10.4. The summed E-state index contributed by atoms with van der Waals surface area (Å²) in [6.45, 7) is 7.73. The van der Waals surface area contributed by atoms with Gasteiger partial charge in [-0.1, -0.05) is 13.8 Å². The van der Waals surface area contributed by atoms with Gasteiger partial charge in [0.15, 0.2) is 0 Å². The van der Waals surface area contributed by atoms with E-state index in [4.69, 9.17) is 9.15 Å². The van der Waals surface area contributed by atoms with Crippen molar-refractivity contribution in [2.24, 2.45) is 0 Å². The van der Waals surface area contributed by atoms with Gasteiger partial charge in [-0.2, -0.15) is 0 Å². The van der Waals surface area contributed by atoms with Gasteiger partial charge in [0.05, 0.1) is 6.54 Å². The van der Waals surface area contributed by atoms with E-state index < -0.39 is 0 Å². The van der Waals surface area contributed by atoms with E-state index in [0.717, 1.165) is 57.1 Å². The molecule has 1 N–H and O–H groups in total. The van der Waals surface area contributed by atoms with Gasteiger partial charge in [-0.15, -0.1) is 0 Å². The minimum absolute atomic E-state index is 0.813. The number of rotatable bonds is 9. The molecule has 0 fully saturated rings. The van der Waals surface area contributed by atoms with E-state index in [-0.39, 0.29) is 0 Å². The number of hydrogen-bond acceptors (Lipinski definition) is 3. The highest BCUT2D eigenvalue weighted by Crippen LogP contribution is 2.07. The van der Waals surface area contributed by atoms with Crippen molar-refractivity contribution in [2.45, 2.75) is 39.7 Å². The molecule has 0 bridgehead atoms. The van der Waals surface area contributed by atoms with Crippen LogP contribution < -0.4 is 5.32 Å². The predicted octanol–water partition coefficient (Wildman–Crippen LogP) is 2.75. The Morgan fingerprint density at radius 1 is 1.19 bits per heavy atom. The minimum atomic E-state index is 0.813. The summed E-state index contributed by atoms with van der Waals surface area (Å²) in [5, 5.41) is 3.34. The van der Waals surface area contributed by atoms with E-state index in [9.17, 15) is 0 Å². The molecule has 1 aromatic heterocycles. The van der Waals surface area contributed by atoms with Crippen LogP contribution in [-0.2, 0) is 17.7 Å². The molecule has 0 aliphatic carbocycles. The lowest BCUT2D eigenvalue weighted by Gasteiger charge is -2.03. The molecular formula is C13H23NO2. The van der Waals surface area contributed by atoms with Crippen LogP contribution in [0.15, 0.2) is 16.5 Å². The second-order valence-corrected chi connectivity index (χ2v) is 3.86. The Kier molecular flexibility index (Phi) is 6.93. The lowest BCUT2D eigenvalue weighted by Crippen LogP contribution is -2.16. The summed E-state index contributed by atoms with van der Waals surface area (Å²) in [5.41, 5.74) is 0. The highest BCUT2D eigenvalue weighted by molar-refractivity contribution is 5.06. The molecule has 1 heterocycles. The van der Waals surface area contributed by atoms with Crippen LogP contribution >= 0.6 is 0 Å². The van der Waals surface area contributed by atoms with Crippen molar-refractivity contribution in [3.05, 3.63) is 23.7 Å². The average Bonchev–Trinajstić information content (AvgIpc) is 2.76. The van der Waals surface area contributed by atoms with E-state index >= 15 is 0 Å². The Morgan fingerprint density at radius 2 is 2.00 bits per heavy atom. The standard InChI is InChI=1S/C13H23NO2/c1-3-9-15-10-5-8-14-11-13-7-6-12(4-2)16-13/h6-7,14H,3-5,8-11H2,1-2H3. The lowest BCUT2D eigenvalue weighted by molar-refractivity contribution is 0.132. The summed E-state index contributed by atoms with van der Waals surface area (Å²) in [6.07, 6.45) is 3.12. The smallest absolute Gasteiger partial charge is 0.117 e. The third-order valence-corrected chi connectivity index (χ3v) is 2.36. The number of aryl methyl sites for hydroxylation is 1. The van der Waals surface area contributed by atoms with Crippen LogP contribution in [-0.4, -0.2) is 19.8 Å². The maximum absolute atomic E-state index is 5.58. The fraction of sp³-hybridized carbons (Fsp3) is 0.692. The first-order chi connectivity index (χ1) is 7.86. The fourth-order valence-electron chi connectivity index (χ4n) is 1.46. The van der Waals surface area contributed by atoms with Gasteiger partial charge < -0.3 is 14.5 Å². The van der Waals surface area contributed by atoms with Crippen molar-refractivity contribution in [1.82, 2.24) is 5.32 Å². The van der Waals surface area contributed by atoms with E-state index in [1.54, 1.807) is 0 Å². The monoisotopic (exact) mass is 225 g/mol. The maximum atomic E-state index is 5.58. The minimum Gasteiger partial charge on any atom is -0.465 e. The van der Waals surface area contributed by atoms with Crippen LogP contribution in [0.2, 0.25) is 0 Å². The Bertz CT molecular complexity index is 271. The summed E-state index contributed by atoms with van der Waals surface area (Å²) < 4.78 is 11.0. The van der Waals surface area contributed by atoms with E-state index in [0.29, 0.717) is 0 Å². The zero-order valence-electron chi connectivity index (χ0n) is 10.4. The molecule has 0 unspecified atom stereocenters. The summed E-state index contributed by atoms with van der Waals surface area (Å²) >= 11 is 0. The highest BCUT2D eigenvalue weighted by atomic mass is 16.5. The molecule has 0 aliphatic rings. The topological polar surface area (TPSA) is 34.4 Å². The van der Waals surface area contributed by atoms with Crippen LogP contribution in [0.5, 0.6) is 0 Å². The van der Waals surface area contributed by atoms with Crippen molar-refractivity contribution in [3.63, 3.8) is 0 Å². The maximum Gasteiger partial charge on any atom is 0.117 e. The third kappa shape index (κ3) is 5.33. The van der Waals surface area contributed by atoms with Crippen LogP contribution in [0.1, 0.15) is 38.2 Å². The summed E-state index contributed by atoms with van der Waals surface area (Å²) in [4.78, 5) is 0. The fourth-order valence-corrected chi connectivity index (χ4v) is 1.46. The van der Waals surface area contributed by atoms with E-state index in [1.165, 1.54) is 0 Å². The molecule has 1 rings (SSSR count). The van der Waals surface area contributed by atoms with Gasteiger partial charge in [0, 0.05) is 19.6 Å². The van der Waals surface area contributed by atoms with Crippen LogP contribution in [0, 0.1) is 0 Å². The molecule has 0 spiro atoms. The Morgan fingerprint density at radius 3 is 2.69 bits per heavy atom. The molecule has 0 atom stereocenters. The molecule has 92 valence electrons. The number of hydrogen-bond donors (Lipinski definition) is 1. The summed E-state index contributed by atoms with van der Waals surface area (Å²) in [6, 6.07) is 4.08. The number of ether oxygens (including phenoxy) is 1. The van der Waals surface area contributed by atoms with E-state index in [1.807, 2.05) is 12.1 Å². The Hall–Kier alpha value is -0.800. The average molecular weight is 225 g/mol. The van der Waals surface area contributed by atoms with Crippen LogP contribution in [0.3, 0.4) is 0 Å². The highest BCUT2D eigenvalue weighted by Gasteiger charge is 1.99. The normalized spacial score (nSPS) is 10.9. The van der Waals surface area contributed by atoms with Gasteiger partial charge in [0.2, 0.25) is 0 Å². The molecule has 0 saturated carbocycles. The molecule has 16 heavy (non-hydrogen) atoms. The SMILES string of the molecule is CCCOCCCNCc1ccc(CC)o1. The van der Waals surface area contributed by atoms with Gasteiger partial charge in [-0.05, 0) is 31.5 Å². The quantitative estimate of drug-likeness (QED) is 0.656. The molecule has 3 nitrogen and oxygen atoms in total. The first-order valence-electron chi connectivity index (χ1n) is 6.22. The van der Waals surface area contributed by atoms with Crippen molar-refractivity contribution in [2.75, 3.05) is 19.8 Å². The molecule has 0 radical (unpaired) electrons. The predicted molar refractivity (Wildman–Crippen MR) is 65.5 cm³/mol. The molecule has 0 aromatic carbocycles. The molecule has 3 heteroatoms. The van der Waals surface area contributed by atoms with Crippen molar-refractivity contribution in [1.29, 1.82) is 0 Å². The van der Waals surface area contributed by atoms with Gasteiger partial charge in [-0.3, -0.25) is 0 Å². The molecular weight excluding hydrogens is 202 g/mol. The second-order valence-electron chi connectivity index (χ2n) is 3.86. The number of furan rings is 1. The molecule has 0 amide bonds. The van der Waals surface area contributed by atoms with Crippen LogP contribution in [0.25, 0.3) is 0 Å². The van der Waals surface area contributed by atoms with E-state index in [2.05, 4.69) is 19.2 Å². The molecule has 0 saturated heterocycles. The first-order valence-corrected chi connectivity index (χ1v) is 6.22. The Balaban J connectivity index is 1.98. The molecule has 0 aliphatic heterocycles. The second kappa shape index (κ2) is 8.36. The summed E-state index contributed by atoms with van der Waals surface area (Å²) in [5.74, 6) is 2.08. The molecule has 1 aromatic rings. The van der Waals surface area contributed by atoms with Gasteiger partial charge in [-0.25, -0.2) is 0 Å². The van der Waals surface area contributed by atoms with Gasteiger partial charge in [0.25, 0.3) is 0 Å². The summed E-state index contributed by atoms with van der Waals surface area (Å²) in [7, 11) is 0. The van der Waals surface area contributed by atoms with Gasteiger partial charge in [0.1, 0.15) is 11.5 Å². The first kappa shape index (κ1) is 13.3. The lowest BCUT2D eigenvalue weighted by atomic mass is 10.3. The third-order valence-electron chi connectivity index (χ3n) is 2.36. The number of nitrogens with one attached hydrogen (secondary N) is 1. The zero-order chi connectivity index (χ0) is 11.6. The van der Waals surface area contributed by atoms with Crippen molar-refractivity contribution < 1.29 is 9.15 Å². The Labute approximate surface area is 98.2 Å². The van der Waals surface area contributed by atoms with Crippen molar-refractivity contribution in [3.8, 4) is 0 Å².